The number of alkyl halides is 3. The lowest BCUT2D eigenvalue weighted by atomic mass is 10.0. The van der Waals surface area contributed by atoms with E-state index in [2.05, 4.69) is 19.9 Å². The third kappa shape index (κ3) is 5.96. The number of pyridine rings is 1. The third-order valence-electron chi connectivity index (χ3n) is 6.00. The first-order valence-corrected chi connectivity index (χ1v) is 11.8. The van der Waals surface area contributed by atoms with Crippen LogP contribution < -0.4 is 10.3 Å². The number of fused-ring (bicyclic) bond motifs is 1. The molecule has 0 spiro atoms. The van der Waals surface area contributed by atoms with Gasteiger partial charge in [0.15, 0.2) is 5.65 Å². The van der Waals surface area contributed by atoms with Crippen LogP contribution in [0.5, 0.6) is 5.88 Å². The SMILES string of the molecule is COc1nc2c(-c3ccc(C(F)(F)F)cc3F)ncnc2nc1C.Cn1cc([C@@H]2CCCCO2)ccc1=O. The summed E-state index contributed by atoms with van der Waals surface area (Å²) >= 11 is 0. The Kier molecular flexibility index (Phi) is 8.00. The van der Waals surface area contributed by atoms with Crippen molar-refractivity contribution in [1.82, 2.24) is 24.5 Å². The summed E-state index contributed by atoms with van der Waals surface area (Å²) in [6, 6.07) is 5.69. The Labute approximate surface area is 215 Å². The highest BCUT2D eigenvalue weighted by Crippen LogP contribution is 2.34. The van der Waals surface area contributed by atoms with E-state index in [9.17, 15) is 22.4 Å². The van der Waals surface area contributed by atoms with E-state index < -0.39 is 17.6 Å². The first-order valence-electron chi connectivity index (χ1n) is 11.8. The summed E-state index contributed by atoms with van der Waals surface area (Å²) in [6.07, 6.45) is 2.02. The zero-order chi connectivity index (χ0) is 27.4. The highest BCUT2D eigenvalue weighted by atomic mass is 19.4. The third-order valence-corrected chi connectivity index (χ3v) is 6.00. The van der Waals surface area contributed by atoms with E-state index in [1.165, 1.54) is 13.5 Å². The molecule has 4 aromatic rings. The van der Waals surface area contributed by atoms with Gasteiger partial charge >= 0.3 is 6.18 Å². The van der Waals surface area contributed by atoms with E-state index in [0.29, 0.717) is 11.8 Å². The van der Waals surface area contributed by atoms with Crippen LogP contribution in [0.1, 0.15) is 42.2 Å². The van der Waals surface area contributed by atoms with Gasteiger partial charge in [0.05, 0.1) is 18.8 Å². The molecule has 0 bridgehead atoms. The number of ether oxygens (including phenoxy) is 2. The van der Waals surface area contributed by atoms with Crippen molar-refractivity contribution in [3.05, 3.63) is 75.8 Å². The van der Waals surface area contributed by atoms with Crippen LogP contribution in [0.3, 0.4) is 0 Å². The average molecular weight is 532 g/mol. The fourth-order valence-electron chi connectivity index (χ4n) is 4.03. The van der Waals surface area contributed by atoms with E-state index in [4.69, 9.17) is 9.47 Å². The molecule has 0 unspecified atom stereocenters. The smallest absolute Gasteiger partial charge is 0.416 e. The molecule has 0 amide bonds. The van der Waals surface area contributed by atoms with E-state index in [1.807, 2.05) is 12.3 Å². The number of hydrogen-bond acceptors (Lipinski definition) is 7. The van der Waals surface area contributed by atoms with Gasteiger partial charge in [0.2, 0.25) is 11.4 Å². The summed E-state index contributed by atoms with van der Waals surface area (Å²) in [5.41, 5.74) is 0.782. The van der Waals surface area contributed by atoms with Crippen LogP contribution in [0.4, 0.5) is 17.6 Å². The predicted molar refractivity (Wildman–Crippen MR) is 131 cm³/mol. The Morgan fingerprint density at radius 2 is 1.89 bits per heavy atom. The largest absolute Gasteiger partial charge is 0.480 e. The molecule has 1 saturated heterocycles. The number of nitrogens with zero attached hydrogens (tertiary/aromatic N) is 5. The molecular weight excluding hydrogens is 506 g/mol. The Balaban J connectivity index is 0.000000204. The number of halogens is 4. The minimum Gasteiger partial charge on any atom is -0.480 e. The quantitative estimate of drug-likeness (QED) is 0.336. The molecule has 0 aliphatic carbocycles. The predicted octanol–water partition coefficient (Wildman–Crippen LogP) is 5.19. The van der Waals surface area contributed by atoms with Gasteiger partial charge in [-0.15, -0.1) is 0 Å². The standard InChI is InChI=1S/C15H10F4N4O.C11H15NO2/c1-7-14(24-2)23-12-11(20-6-21-13(12)22-7)9-4-3-8(5-10(9)16)15(17,18)19;1-12-8-9(5-6-11(12)13)10-4-2-3-7-14-10/h3-6H,1-2H3;5-6,8,10H,2-4,7H2,1H3/t;10-/m.0/s1. The van der Waals surface area contributed by atoms with Crippen LogP contribution in [0.15, 0.2) is 47.7 Å². The lowest BCUT2D eigenvalue weighted by Gasteiger charge is -2.22. The van der Waals surface area contributed by atoms with Crippen molar-refractivity contribution in [2.75, 3.05) is 13.7 Å². The molecule has 38 heavy (non-hydrogen) atoms. The van der Waals surface area contributed by atoms with Gasteiger partial charge in [-0.1, -0.05) is 0 Å². The molecule has 3 aromatic heterocycles. The van der Waals surface area contributed by atoms with Gasteiger partial charge < -0.3 is 14.0 Å². The van der Waals surface area contributed by atoms with Crippen molar-refractivity contribution in [1.29, 1.82) is 0 Å². The first-order chi connectivity index (χ1) is 18.1. The number of methoxy groups -OCH3 is 1. The number of benzene rings is 1. The van der Waals surface area contributed by atoms with E-state index in [1.54, 1.807) is 24.6 Å². The van der Waals surface area contributed by atoms with Crippen molar-refractivity contribution in [3.8, 4) is 17.1 Å². The second-order valence-electron chi connectivity index (χ2n) is 8.67. The van der Waals surface area contributed by atoms with Gasteiger partial charge in [-0.05, 0) is 56.0 Å². The van der Waals surface area contributed by atoms with Gasteiger partial charge in [0, 0.05) is 31.5 Å². The van der Waals surface area contributed by atoms with Crippen molar-refractivity contribution in [2.24, 2.45) is 7.05 Å². The van der Waals surface area contributed by atoms with Crippen molar-refractivity contribution in [3.63, 3.8) is 0 Å². The van der Waals surface area contributed by atoms with Crippen LogP contribution in [-0.2, 0) is 18.0 Å². The fourth-order valence-corrected chi connectivity index (χ4v) is 4.03. The molecule has 0 saturated carbocycles. The van der Waals surface area contributed by atoms with Crippen LogP contribution in [0, 0.1) is 12.7 Å². The minimum atomic E-state index is -4.63. The highest BCUT2D eigenvalue weighted by molar-refractivity contribution is 5.87. The molecule has 1 fully saturated rings. The van der Waals surface area contributed by atoms with E-state index >= 15 is 0 Å². The molecule has 1 aromatic carbocycles. The summed E-state index contributed by atoms with van der Waals surface area (Å²) in [6.45, 7) is 2.50. The van der Waals surface area contributed by atoms with E-state index in [0.717, 1.165) is 43.5 Å². The molecule has 5 rings (SSSR count). The van der Waals surface area contributed by atoms with Gasteiger partial charge in [-0.25, -0.2) is 24.3 Å². The lowest BCUT2D eigenvalue weighted by Crippen LogP contribution is -2.18. The summed E-state index contributed by atoms with van der Waals surface area (Å²) in [5.74, 6) is -0.864. The number of rotatable bonds is 3. The molecule has 1 aliphatic rings. The van der Waals surface area contributed by atoms with Crippen LogP contribution in [0.25, 0.3) is 22.4 Å². The molecule has 200 valence electrons. The summed E-state index contributed by atoms with van der Waals surface area (Å²) in [5, 5.41) is 0. The molecule has 1 atom stereocenters. The molecule has 0 radical (unpaired) electrons. The lowest BCUT2D eigenvalue weighted by molar-refractivity contribution is -0.137. The Bertz CT molecular complexity index is 1500. The first kappa shape index (κ1) is 27.1. The number of hydrogen-bond donors (Lipinski definition) is 0. The van der Waals surface area contributed by atoms with Crippen molar-refractivity contribution in [2.45, 2.75) is 38.5 Å². The molecular formula is C26H25F4N5O3. The highest BCUT2D eigenvalue weighted by Gasteiger charge is 2.31. The van der Waals surface area contributed by atoms with Crippen molar-refractivity contribution >= 4 is 11.2 Å². The Hall–Kier alpha value is -3.93. The monoisotopic (exact) mass is 531 g/mol. The van der Waals surface area contributed by atoms with Crippen molar-refractivity contribution < 1.29 is 27.0 Å². The van der Waals surface area contributed by atoms with Gasteiger partial charge in [-0.3, -0.25) is 4.79 Å². The number of aryl methyl sites for hydroxylation is 2. The Morgan fingerprint density at radius 1 is 1.11 bits per heavy atom. The average Bonchev–Trinajstić information content (AvgIpc) is 2.90. The molecule has 0 N–H and O–H groups in total. The van der Waals surface area contributed by atoms with Gasteiger partial charge in [-0.2, -0.15) is 13.2 Å². The number of aromatic nitrogens is 5. The molecule has 1 aliphatic heterocycles. The maximum atomic E-state index is 14.2. The van der Waals surface area contributed by atoms with Crippen LogP contribution >= 0.6 is 0 Å². The summed E-state index contributed by atoms with van der Waals surface area (Å²) < 4.78 is 64.5. The Morgan fingerprint density at radius 3 is 2.53 bits per heavy atom. The maximum Gasteiger partial charge on any atom is 0.416 e. The van der Waals surface area contributed by atoms with Gasteiger partial charge in [0.25, 0.3) is 0 Å². The second kappa shape index (κ2) is 11.2. The molecule has 8 nitrogen and oxygen atoms in total. The maximum absolute atomic E-state index is 14.2. The summed E-state index contributed by atoms with van der Waals surface area (Å²) in [4.78, 5) is 27.4. The zero-order valence-corrected chi connectivity index (χ0v) is 20.9. The topological polar surface area (TPSA) is 92.0 Å². The fraction of sp³-hybridized carbons (Fsp3) is 0.346. The minimum absolute atomic E-state index is 0.0320. The normalized spacial score (nSPS) is 15.6. The van der Waals surface area contributed by atoms with Crippen LogP contribution in [0.2, 0.25) is 0 Å². The van der Waals surface area contributed by atoms with E-state index in [-0.39, 0.29) is 40.0 Å². The van der Waals surface area contributed by atoms with Gasteiger partial charge in [0.1, 0.15) is 29.0 Å². The molecule has 4 heterocycles. The van der Waals surface area contributed by atoms with Crippen LogP contribution in [-0.4, -0.2) is 38.2 Å². The zero-order valence-electron chi connectivity index (χ0n) is 20.9. The molecule has 12 heteroatoms. The summed E-state index contributed by atoms with van der Waals surface area (Å²) in [7, 11) is 3.17. The second-order valence-corrected chi connectivity index (χ2v) is 8.67.